The fraction of sp³-hybridized carbons (Fsp3) is 0.154. The van der Waals surface area contributed by atoms with E-state index in [0.717, 1.165) is 6.26 Å². The van der Waals surface area contributed by atoms with Crippen LogP contribution in [0.15, 0.2) is 49.1 Å². The predicted octanol–water partition coefficient (Wildman–Crippen LogP) is 2.78. The molecular weight excluding hydrogens is 332 g/mol. The Balaban J connectivity index is 2.73. The summed E-state index contributed by atoms with van der Waals surface area (Å²) < 4.78 is 28.5. The normalized spacial score (nSPS) is 11.5. The van der Waals surface area contributed by atoms with Crippen LogP contribution in [-0.2, 0) is 9.84 Å². The third-order valence-corrected chi connectivity index (χ3v) is 4.76. The fourth-order valence-electron chi connectivity index (χ4n) is 1.80. The molecule has 0 unspecified atom stereocenters. The predicted molar refractivity (Wildman–Crippen MR) is 76.0 cm³/mol. The van der Waals surface area contributed by atoms with E-state index < -0.39 is 15.5 Å². The minimum Gasteiger partial charge on any atom is -0.431 e. The van der Waals surface area contributed by atoms with Crippen LogP contribution in [0.25, 0.3) is 11.1 Å². The van der Waals surface area contributed by atoms with Crippen LogP contribution in [0.1, 0.15) is 5.56 Å². The third-order valence-electron chi connectivity index (χ3n) is 2.70. The molecule has 1 aromatic heterocycles. The second kappa shape index (κ2) is 4.94. The van der Waals surface area contributed by atoms with Gasteiger partial charge in [-0.25, -0.2) is 13.2 Å². The summed E-state index contributed by atoms with van der Waals surface area (Å²) in [5, 5.41) is 0. The molecule has 0 amide bonds. The summed E-state index contributed by atoms with van der Waals surface area (Å²) >= 11 is 3.23. The van der Waals surface area contributed by atoms with Gasteiger partial charge >= 0.3 is 5.63 Å². The van der Waals surface area contributed by atoms with Crippen molar-refractivity contribution >= 4 is 25.8 Å². The summed E-state index contributed by atoms with van der Waals surface area (Å²) in [7, 11) is -3.31. The number of aryl methyl sites for hydroxylation is 1. The Morgan fingerprint density at radius 3 is 2.47 bits per heavy atom. The molecule has 1 aromatic carbocycles. The van der Waals surface area contributed by atoms with Gasteiger partial charge in [0.05, 0.1) is 16.7 Å². The molecule has 1 heterocycles. The Morgan fingerprint density at radius 2 is 1.89 bits per heavy atom. The molecule has 4 nitrogen and oxygen atoms in total. The SMILES string of the molecule is Cc1cc(S(C)(=O)=O)c(Br)cc1-c1cccoc1=O. The maximum absolute atomic E-state index is 11.7. The molecule has 6 heteroatoms. The van der Waals surface area contributed by atoms with Crippen LogP contribution in [-0.4, -0.2) is 14.7 Å². The first-order chi connectivity index (χ1) is 8.80. The van der Waals surface area contributed by atoms with Gasteiger partial charge in [0.1, 0.15) is 0 Å². The van der Waals surface area contributed by atoms with E-state index in [1.165, 1.54) is 6.26 Å². The van der Waals surface area contributed by atoms with Gasteiger partial charge in [-0.2, -0.15) is 0 Å². The molecule has 19 heavy (non-hydrogen) atoms. The molecule has 0 bridgehead atoms. The Morgan fingerprint density at radius 1 is 1.21 bits per heavy atom. The second-order valence-corrected chi connectivity index (χ2v) is 7.02. The maximum atomic E-state index is 11.7. The highest BCUT2D eigenvalue weighted by Gasteiger charge is 2.16. The maximum Gasteiger partial charge on any atom is 0.343 e. The van der Waals surface area contributed by atoms with Crippen LogP contribution in [0.5, 0.6) is 0 Å². The lowest BCUT2D eigenvalue weighted by Gasteiger charge is -2.09. The number of hydrogen-bond donors (Lipinski definition) is 0. The molecule has 0 saturated heterocycles. The Kier molecular flexibility index (Phi) is 3.64. The van der Waals surface area contributed by atoms with Crippen molar-refractivity contribution in [2.75, 3.05) is 6.26 Å². The standard InChI is InChI=1S/C13H11BrO4S/c1-8-6-12(19(2,16)17)11(14)7-10(8)9-4-3-5-18-13(9)15/h3-7H,1-2H3. The molecule has 2 aromatic rings. The lowest BCUT2D eigenvalue weighted by molar-refractivity contribution is 0.513. The highest BCUT2D eigenvalue weighted by molar-refractivity contribution is 9.10. The van der Waals surface area contributed by atoms with Crippen molar-refractivity contribution < 1.29 is 12.8 Å². The van der Waals surface area contributed by atoms with Crippen molar-refractivity contribution in [3.05, 3.63) is 51.0 Å². The zero-order chi connectivity index (χ0) is 14.2. The first kappa shape index (κ1) is 14.0. The Bertz CT molecular complexity index is 791. The summed E-state index contributed by atoms with van der Waals surface area (Å²) in [5.41, 5.74) is 1.29. The third kappa shape index (κ3) is 2.79. The molecule has 0 fully saturated rings. The Hall–Kier alpha value is -1.40. The van der Waals surface area contributed by atoms with E-state index in [0.29, 0.717) is 21.2 Å². The highest BCUT2D eigenvalue weighted by atomic mass is 79.9. The average molecular weight is 343 g/mol. The van der Waals surface area contributed by atoms with Gasteiger partial charge in [0.2, 0.25) is 0 Å². The molecular formula is C13H11BrO4S. The minimum absolute atomic E-state index is 0.203. The molecule has 0 atom stereocenters. The van der Waals surface area contributed by atoms with Gasteiger partial charge in [-0.05, 0) is 58.2 Å². The minimum atomic E-state index is -3.31. The topological polar surface area (TPSA) is 64.3 Å². The smallest absolute Gasteiger partial charge is 0.343 e. The molecule has 0 N–H and O–H groups in total. The molecule has 0 spiro atoms. The molecule has 0 radical (unpaired) electrons. The molecule has 100 valence electrons. The van der Waals surface area contributed by atoms with Gasteiger partial charge in [0.25, 0.3) is 0 Å². The van der Waals surface area contributed by atoms with Crippen molar-refractivity contribution in [1.82, 2.24) is 0 Å². The lowest BCUT2D eigenvalue weighted by atomic mass is 10.0. The highest BCUT2D eigenvalue weighted by Crippen LogP contribution is 2.30. The average Bonchev–Trinajstić information content (AvgIpc) is 2.31. The van der Waals surface area contributed by atoms with E-state index in [1.54, 1.807) is 31.2 Å². The van der Waals surface area contributed by atoms with Gasteiger partial charge < -0.3 is 4.42 Å². The second-order valence-electron chi connectivity index (χ2n) is 4.18. The quantitative estimate of drug-likeness (QED) is 0.841. The summed E-state index contributed by atoms with van der Waals surface area (Å²) in [4.78, 5) is 11.9. The summed E-state index contributed by atoms with van der Waals surface area (Å²) in [6.45, 7) is 1.75. The number of sulfone groups is 1. The first-order valence-electron chi connectivity index (χ1n) is 5.39. The van der Waals surface area contributed by atoms with Crippen molar-refractivity contribution in [1.29, 1.82) is 0 Å². The van der Waals surface area contributed by atoms with Gasteiger partial charge in [-0.3, -0.25) is 0 Å². The molecule has 0 saturated carbocycles. The largest absolute Gasteiger partial charge is 0.431 e. The monoisotopic (exact) mass is 342 g/mol. The fourth-order valence-corrected chi connectivity index (χ4v) is 3.83. The van der Waals surface area contributed by atoms with Crippen LogP contribution in [0.3, 0.4) is 0 Å². The van der Waals surface area contributed by atoms with Gasteiger partial charge in [0.15, 0.2) is 9.84 Å². The first-order valence-corrected chi connectivity index (χ1v) is 8.07. The van der Waals surface area contributed by atoms with Crippen LogP contribution in [0, 0.1) is 6.92 Å². The zero-order valence-electron chi connectivity index (χ0n) is 10.3. The van der Waals surface area contributed by atoms with Crippen molar-refractivity contribution in [2.45, 2.75) is 11.8 Å². The van der Waals surface area contributed by atoms with Crippen molar-refractivity contribution in [2.24, 2.45) is 0 Å². The van der Waals surface area contributed by atoms with E-state index in [9.17, 15) is 13.2 Å². The van der Waals surface area contributed by atoms with Crippen LogP contribution >= 0.6 is 15.9 Å². The van der Waals surface area contributed by atoms with Crippen LogP contribution < -0.4 is 5.63 Å². The summed E-state index contributed by atoms with van der Waals surface area (Å²) in [5.74, 6) is 0. The number of hydrogen-bond acceptors (Lipinski definition) is 4. The van der Waals surface area contributed by atoms with E-state index in [1.807, 2.05) is 0 Å². The van der Waals surface area contributed by atoms with Crippen LogP contribution in [0.2, 0.25) is 0 Å². The molecule has 0 aliphatic heterocycles. The lowest BCUT2D eigenvalue weighted by Crippen LogP contribution is -2.04. The van der Waals surface area contributed by atoms with Crippen molar-refractivity contribution in [3.63, 3.8) is 0 Å². The summed E-state index contributed by atoms with van der Waals surface area (Å²) in [6.07, 6.45) is 2.45. The molecule has 2 rings (SSSR count). The van der Waals surface area contributed by atoms with Gasteiger partial charge in [-0.1, -0.05) is 0 Å². The van der Waals surface area contributed by atoms with Gasteiger partial charge in [0, 0.05) is 10.7 Å². The van der Waals surface area contributed by atoms with E-state index in [4.69, 9.17) is 4.42 Å². The molecule has 0 aliphatic rings. The summed E-state index contributed by atoms with van der Waals surface area (Å²) in [6, 6.07) is 6.43. The van der Waals surface area contributed by atoms with Crippen LogP contribution in [0.4, 0.5) is 0 Å². The van der Waals surface area contributed by atoms with Gasteiger partial charge in [-0.15, -0.1) is 0 Å². The Labute approximate surface area is 119 Å². The van der Waals surface area contributed by atoms with E-state index >= 15 is 0 Å². The van der Waals surface area contributed by atoms with E-state index in [2.05, 4.69) is 15.9 Å². The number of benzene rings is 1. The molecule has 0 aliphatic carbocycles. The zero-order valence-corrected chi connectivity index (χ0v) is 12.7. The number of rotatable bonds is 2. The van der Waals surface area contributed by atoms with E-state index in [-0.39, 0.29) is 4.90 Å². The van der Waals surface area contributed by atoms with Crippen molar-refractivity contribution in [3.8, 4) is 11.1 Å². The number of halogens is 1.